The molecule has 0 radical (unpaired) electrons. The van der Waals surface area contributed by atoms with E-state index in [1.165, 1.54) is 24.3 Å². The predicted octanol–water partition coefficient (Wildman–Crippen LogP) is 3.82. The van der Waals surface area contributed by atoms with Crippen LogP contribution >= 0.6 is 0 Å². The van der Waals surface area contributed by atoms with E-state index in [0.29, 0.717) is 5.56 Å². The van der Waals surface area contributed by atoms with Crippen LogP contribution in [-0.2, 0) is 16.1 Å². The summed E-state index contributed by atoms with van der Waals surface area (Å²) in [4.78, 5) is 23.8. The van der Waals surface area contributed by atoms with Crippen molar-refractivity contribution < 1.29 is 29.6 Å². The van der Waals surface area contributed by atoms with Crippen molar-refractivity contribution in [1.82, 2.24) is 5.32 Å². The molecule has 29 heavy (non-hydrogen) atoms. The van der Waals surface area contributed by atoms with Crippen LogP contribution in [0.1, 0.15) is 17.2 Å². The summed E-state index contributed by atoms with van der Waals surface area (Å²) < 4.78 is 5.09. The zero-order chi connectivity index (χ0) is 20.8. The van der Waals surface area contributed by atoms with Gasteiger partial charge in [0.2, 0.25) is 0 Å². The van der Waals surface area contributed by atoms with Crippen LogP contribution < -0.4 is 5.32 Å². The SMILES string of the molecule is O=C(NC(C(=O)O)c1ccc(O)c(-c2ccccc2O)c1)OCc1ccccc1. The molecule has 4 N–H and O–H groups in total. The van der Waals surface area contributed by atoms with E-state index in [0.717, 1.165) is 5.56 Å². The highest BCUT2D eigenvalue weighted by Gasteiger charge is 2.24. The quantitative estimate of drug-likeness (QED) is 0.506. The van der Waals surface area contributed by atoms with Gasteiger partial charge in [0.1, 0.15) is 18.1 Å². The monoisotopic (exact) mass is 393 g/mol. The molecule has 3 rings (SSSR count). The van der Waals surface area contributed by atoms with Crippen molar-refractivity contribution in [1.29, 1.82) is 0 Å². The zero-order valence-electron chi connectivity index (χ0n) is 15.3. The minimum atomic E-state index is -1.40. The van der Waals surface area contributed by atoms with Gasteiger partial charge >= 0.3 is 12.1 Å². The summed E-state index contributed by atoms with van der Waals surface area (Å²) in [6.07, 6.45) is -0.890. The van der Waals surface area contributed by atoms with Crippen LogP contribution in [-0.4, -0.2) is 27.4 Å². The second-order valence-electron chi connectivity index (χ2n) is 6.27. The van der Waals surface area contributed by atoms with Crippen LogP contribution in [0.4, 0.5) is 4.79 Å². The van der Waals surface area contributed by atoms with Gasteiger partial charge in [-0.05, 0) is 29.3 Å². The van der Waals surface area contributed by atoms with Gasteiger partial charge in [-0.3, -0.25) is 0 Å². The maximum atomic E-state index is 12.1. The molecular weight excluding hydrogens is 374 g/mol. The summed E-state index contributed by atoms with van der Waals surface area (Å²) in [5, 5.41) is 32.1. The van der Waals surface area contributed by atoms with E-state index in [9.17, 15) is 24.9 Å². The summed E-state index contributed by atoms with van der Waals surface area (Å²) in [7, 11) is 0. The molecule has 7 nitrogen and oxygen atoms in total. The van der Waals surface area contributed by atoms with Crippen molar-refractivity contribution in [3.63, 3.8) is 0 Å². The molecule has 3 aromatic carbocycles. The van der Waals surface area contributed by atoms with Crippen LogP contribution in [0.5, 0.6) is 11.5 Å². The van der Waals surface area contributed by atoms with Crippen LogP contribution in [0.15, 0.2) is 72.8 Å². The van der Waals surface area contributed by atoms with Crippen molar-refractivity contribution in [2.45, 2.75) is 12.6 Å². The summed E-state index contributed by atoms with van der Waals surface area (Å²) in [5.41, 5.74) is 1.56. The summed E-state index contributed by atoms with van der Waals surface area (Å²) >= 11 is 0. The highest BCUT2D eigenvalue weighted by Crippen LogP contribution is 2.36. The predicted molar refractivity (Wildman–Crippen MR) is 105 cm³/mol. The maximum absolute atomic E-state index is 12.1. The molecule has 3 aromatic rings. The lowest BCUT2D eigenvalue weighted by Gasteiger charge is -2.17. The number of carboxylic acid groups (broad SMARTS) is 1. The summed E-state index contributed by atoms with van der Waals surface area (Å²) in [6, 6.07) is 18.0. The molecule has 1 atom stereocenters. The molecule has 0 aliphatic heterocycles. The molecule has 0 aromatic heterocycles. The molecule has 0 bridgehead atoms. The number of phenols is 2. The van der Waals surface area contributed by atoms with Crippen LogP contribution in [0.25, 0.3) is 11.1 Å². The number of aliphatic carboxylic acids is 1. The molecule has 0 heterocycles. The number of carbonyl (C=O) groups excluding carboxylic acids is 1. The zero-order valence-corrected chi connectivity index (χ0v) is 15.3. The smallest absolute Gasteiger partial charge is 0.408 e. The largest absolute Gasteiger partial charge is 0.507 e. The first-order chi connectivity index (χ1) is 14.0. The van der Waals surface area contributed by atoms with Gasteiger partial charge in [-0.1, -0.05) is 54.6 Å². The maximum Gasteiger partial charge on any atom is 0.408 e. The first-order valence-corrected chi connectivity index (χ1v) is 8.77. The van der Waals surface area contributed by atoms with Gasteiger partial charge in [-0.15, -0.1) is 0 Å². The molecule has 7 heteroatoms. The van der Waals surface area contributed by atoms with Crippen LogP contribution in [0.3, 0.4) is 0 Å². The second kappa shape index (κ2) is 8.79. The molecule has 0 aliphatic rings. The van der Waals surface area contributed by atoms with E-state index in [1.807, 2.05) is 6.07 Å². The van der Waals surface area contributed by atoms with Crippen molar-refractivity contribution in [2.75, 3.05) is 0 Å². The minimum Gasteiger partial charge on any atom is -0.507 e. The Morgan fingerprint density at radius 1 is 0.862 bits per heavy atom. The van der Waals surface area contributed by atoms with E-state index in [4.69, 9.17) is 4.74 Å². The third-order valence-electron chi connectivity index (χ3n) is 4.27. The first-order valence-electron chi connectivity index (χ1n) is 8.77. The average molecular weight is 393 g/mol. The molecule has 148 valence electrons. The number of carbonyl (C=O) groups is 2. The third kappa shape index (κ3) is 4.84. The van der Waals surface area contributed by atoms with Crippen molar-refractivity contribution in [2.24, 2.45) is 0 Å². The Balaban J connectivity index is 1.80. The average Bonchev–Trinajstić information content (AvgIpc) is 2.72. The van der Waals surface area contributed by atoms with Gasteiger partial charge in [0.15, 0.2) is 6.04 Å². The number of alkyl carbamates (subject to hydrolysis) is 1. The van der Waals surface area contributed by atoms with Crippen molar-refractivity contribution >= 4 is 12.1 Å². The third-order valence-corrected chi connectivity index (χ3v) is 4.27. The number of para-hydroxylation sites is 1. The van der Waals surface area contributed by atoms with Gasteiger partial charge in [0.25, 0.3) is 0 Å². The number of phenolic OH excluding ortho intramolecular Hbond substituents is 2. The van der Waals surface area contributed by atoms with Gasteiger partial charge in [0, 0.05) is 11.1 Å². The topological polar surface area (TPSA) is 116 Å². The van der Waals surface area contributed by atoms with Gasteiger partial charge in [-0.25, -0.2) is 9.59 Å². The van der Waals surface area contributed by atoms with Gasteiger partial charge < -0.3 is 25.4 Å². The Kier molecular flexibility index (Phi) is 5.99. The number of aromatic hydroxyl groups is 2. The number of amides is 1. The fourth-order valence-electron chi connectivity index (χ4n) is 2.82. The standard InChI is InChI=1S/C22H19NO6/c24-18-9-5-4-8-16(18)17-12-15(10-11-19(17)25)20(21(26)27)23-22(28)29-13-14-6-2-1-3-7-14/h1-12,20,24-25H,13H2,(H,23,28)(H,26,27). The Labute approximate surface area is 166 Å². The number of hydrogen-bond donors (Lipinski definition) is 4. The van der Waals surface area contributed by atoms with Crippen molar-refractivity contribution in [3.8, 4) is 22.6 Å². The minimum absolute atomic E-state index is 0.00225. The fourth-order valence-corrected chi connectivity index (χ4v) is 2.82. The highest BCUT2D eigenvalue weighted by molar-refractivity contribution is 5.83. The van der Waals surface area contributed by atoms with Crippen LogP contribution in [0.2, 0.25) is 0 Å². The van der Waals surface area contributed by atoms with E-state index in [2.05, 4.69) is 5.32 Å². The molecule has 1 amide bonds. The first kappa shape index (κ1) is 19.8. The van der Waals surface area contributed by atoms with Crippen molar-refractivity contribution in [3.05, 3.63) is 83.9 Å². The highest BCUT2D eigenvalue weighted by atomic mass is 16.5. The molecule has 0 saturated heterocycles. The Hall–Kier alpha value is -4.00. The Morgan fingerprint density at radius 2 is 1.52 bits per heavy atom. The number of nitrogens with one attached hydrogen (secondary N) is 1. The summed E-state index contributed by atoms with van der Waals surface area (Å²) in [5.74, 6) is -1.50. The van der Waals surface area contributed by atoms with E-state index < -0.39 is 18.1 Å². The number of benzene rings is 3. The fraction of sp³-hybridized carbons (Fsp3) is 0.0909. The number of ether oxygens (including phenoxy) is 1. The number of hydrogen-bond acceptors (Lipinski definition) is 5. The normalized spacial score (nSPS) is 11.4. The lowest BCUT2D eigenvalue weighted by Crippen LogP contribution is -2.34. The van der Waals surface area contributed by atoms with E-state index >= 15 is 0 Å². The van der Waals surface area contributed by atoms with E-state index in [-0.39, 0.29) is 29.2 Å². The lowest BCUT2D eigenvalue weighted by molar-refractivity contribution is -0.139. The number of rotatable bonds is 6. The molecule has 0 aliphatic carbocycles. The molecule has 0 fully saturated rings. The molecular formula is C22H19NO6. The van der Waals surface area contributed by atoms with Crippen LogP contribution in [0, 0.1) is 0 Å². The summed E-state index contributed by atoms with van der Waals surface area (Å²) in [6.45, 7) is -0.00225. The lowest BCUT2D eigenvalue weighted by atomic mass is 9.98. The molecule has 0 spiro atoms. The van der Waals surface area contributed by atoms with Gasteiger partial charge in [0.05, 0.1) is 0 Å². The van der Waals surface area contributed by atoms with E-state index in [1.54, 1.807) is 42.5 Å². The van der Waals surface area contributed by atoms with Gasteiger partial charge in [-0.2, -0.15) is 0 Å². The molecule has 1 unspecified atom stereocenters. The molecule has 0 saturated carbocycles. The Bertz CT molecular complexity index is 1020. The Morgan fingerprint density at radius 3 is 2.21 bits per heavy atom. The number of carboxylic acids is 1. The second-order valence-corrected chi connectivity index (χ2v) is 6.27.